The first-order chi connectivity index (χ1) is 11.8. The van der Waals surface area contributed by atoms with Crippen LogP contribution >= 0.6 is 0 Å². The highest BCUT2D eigenvalue weighted by atomic mass is 16.5. The third-order valence-corrected chi connectivity index (χ3v) is 6.01. The Bertz CT molecular complexity index is 389. The highest BCUT2D eigenvalue weighted by Crippen LogP contribution is 2.27. The van der Waals surface area contributed by atoms with Crippen LogP contribution in [0.3, 0.4) is 0 Å². The van der Waals surface area contributed by atoms with Gasteiger partial charge >= 0.3 is 0 Å². The molecule has 138 valence electrons. The lowest BCUT2D eigenvalue weighted by atomic mass is 9.89. The van der Waals surface area contributed by atoms with Gasteiger partial charge in [0, 0.05) is 45.4 Å². The fraction of sp³-hybridized carbons (Fsp3) is 0.947. The van der Waals surface area contributed by atoms with Gasteiger partial charge in [-0.3, -0.25) is 9.89 Å². The molecule has 2 N–H and O–H groups in total. The SMILES string of the molecule is CN=C(NCC1CCCN1CC1CCCCC1)NC1CCOCC1. The van der Waals surface area contributed by atoms with Crippen molar-refractivity contribution < 1.29 is 4.74 Å². The standard InChI is InChI=1S/C19H36N4O/c1-20-19(22-17-9-12-24-13-10-17)21-14-18-8-5-11-23(18)15-16-6-3-2-4-7-16/h16-18H,2-15H2,1H3,(H2,20,21,22). The van der Waals surface area contributed by atoms with E-state index in [1.54, 1.807) is 0 Å². The van der Waals surface area contributed by atoms with Crippen molar-refractivity contribution in [1.29, 1.82) is 0 Å². The van der Waals surface area contributed by atoms with Crippen molar-refractivity contribution in [1.82, 2.24) is 15.5 Å². The number of rotatable bonds is 5. The zero-order valence-electron chi connectivity index (χ0n) is 15.4. The van der Waals surface area contributed by atoms with Crippen molar-refractivity contribution in [2.75, 3.05) is 39.9 Å². The average molecular weight is 337 g/mol. The molecule has 3 aliphatic rings. The molecule has 0 bridgehead atoms. The molecule has 0 aromatic carbocycles. The summed E-state index contributed by atoms with van der Waals surface area (Å²) in [6, 6.07) is 1.19. The van der Waals surface area contributed by atoms with Crippen molar-refractivity contribution in [2.24, 2.45) is 10.9 Å². The summed E-state index contributed by atoms with van der Waals surface area (Å²) in [6.45, 7) is 5.36. The number of likely N-dealkylation sites (tertiary alicyclic amines) is 1. The number of hydrogen-bond acceptors (Lipinski definition) is 3. The van der Waals surface area contributed by atoms with Gasteiger partial charge in [-0.2, -0.15) is 0 Å². The van der Waals surface area contributed by atoms with Crippen molar-refractivity contribution in [2.45, 2.75) is 69.9 Å². The first-order valence-electron chi connectivity index (χ1n) is 10.1. The largest absolute Gasteiger partial charge is 0.381 e. The minimum atomic E-state index is 0.506. The molecule has 1 saturated carbocycles. The van der Waals surface area contributed by atoms with Crippen LogP contribution in [0.1, 0.15) is 57.8 Å². The van der Waals surface area contributed by atoms with Crippen LogP contribution in [0.5, 0.6) is 0 Å². The Morgan fingerprint density at radius 1 is 1.04 bits per heavy atom. The minimum absolute atomic E-state index is 0.506. The molecule has 0 aromatic heterocycles. The van der Waals surface area contributed by atoms with Crippen LogP contribution in [0.15, 0.2) is 4.99 Å². The van der Waals surface area contributed by atoms with E-state index >= 15 is 0 Å². The number of aliphatic imine (C=N–C) groups is 1. The highest BCUT2D eigenvalue weighted by Gasteiger charge is 2.27. The van der Waals surface area contributed by atoms with Gasteiger partial charge in [-0.05, 0) is 51.0 Å². The number of ether oxygens (including phenoxy) is 1. The number of nitrogens with one attached hydrogen (secondary N) is 2. The molecular weight excluding hydrogens is 300 g/mol. The Morgan fingerprint density at radius 3 is 2.58 bits per heavy atom. The fourth-order valence-electron chi connectivity index (χ4n) is 4.51. The van der Waals surface area contributed by atoms with Crippen molar-refractivity contribution in [3.8, 4) is 0 Å². The molecule has 3 fully saturated rings. The Kier molecular flexibility index (Phi) is 7.21. The van der Waals surface area contributed by atoms with Gasteiger partial charge in [-0.15, -0.1) is 0 Å². The van der Waals surface area contributed by atoms with Gasteiger partial charge in [0.25, 0.3) is 0 Å². The molecule has 0 spiro atoms. The van der Waals surface area contributed by atoms with Gasteiger partial charge in [0.1, 0.15) is 0 Å². The summed E-state index contributed by atoms with van der Waals surface area (Å²) in [5.41, 5.74) is 0. The van der Waals surface area contributed by atoms with E-state index in [9.17, 15) is 0 Å². The monoisotopic (exact) mass is 336 g/mol. The molecule has 5 nitrogen and oxygen atoms in total. The molecule has 3 rings (SSSR count). The smallest absolute Gasteiger partial charge is 0.191 e. The maximum atomic E-state index is 5.44. The van der Waals surface area contributed by atoms with Crippen LogP contribution in [-0.2, 0) is 4.74 Å². The second-order valence-corrected chi connectivity index (χ2v) is 7.78. The fourth-order valence-corrected chi connectivity index (χ4v) is 4.51. The first-order valence-corrected chi connectivity index (χ1v) is 10.1. The summed E-state index contributed by atoms with van der Waals surface area (Å²) in [6.07, 6.45) is 12.1. The molecule has 2 heterocycles. The van der Waals surface area contributed by atoms with Crippen LogP contribution < -0.4 is 10.6 Å². The number of guanidine groups is 1. The molecule has 0 radical (unpaired) electrons. The summed E-state index contributed by atoms with van der Waals surface area (Å²) < 4.78 is 5.44. The lowest BCUT2D eigenvalue weighted by molar-refractivity contribution is 0.0822. The molecule has 2 aliphatic heterocycles. The zero-order valence-corrected chi connectivity index (χ0v) is 15.4. The van der Waals surface area contributed by atoms with E-state index in [2.05, 4.69) is 20.5 Å². The van der Waals surface area contributed by atoms with Crippen molar-refractivity contribution >= 4 is 5.96 Å². The Balaban J connectivity index is 1.41. The molecular formula is C19H36N4O. The maximum Gasteiger partial charge on any atom is 0.191 e. The summed E-state index contributed by atoms with van der Waals surface area (Å²) in [7, 11) is 1.88. The second-order valence-electron chi connectivity index (χ2n) is 7.78. The summed E-state index contributed by atoms with van der Waals surface area (Å²) in [5, 5.41) is 7.15. The normalized spacial score (nSPS) is 28.2. The predicted octanol–water partition coefficient (Wildman–Crippen LogP) is 2.38. The van der Waals surface area contributed by atoms with Gasteiger partial charge < -0.3 is 15.4 Å². The molecule has 24 heavy (non-hydrogen) atoms. The molecule has 1 atom stereocenters. The molecule has 0 amide bonds. The third kappa shape index (κ3) is 5.35. The highest BCUT2D eigenvalue weighted by molar-refractivity contribution is 5.80. The van der Waals surface area contributed by atoms with Gasteiger partial charge in [-0.25, -0.2) is 0 Å². The lowest BCUT2D eigenvalue weighted by Crippen LogP contribution is -2.49. The second kappa shape index (κ2) is 9.62. The van der Waals surface area contributed by atoms with Gasteiger partial charge in [-0.1, -0.05) is 19.3 Å². The van der Waals surface area contributed by atoms with E-state index in [1.807, 2.05) is 7.05 Å². The van der Waals surface area contributed by atoms with E-state index in [4.69, 9.17) is 4.74 Å². The Morgan fingerprint density at radius 2 is 1.83 bits per heavy atom. The molecule has 0 aromatic rings. The van der Waals surface area contributed by atoms with E-state index in [0.717, 1.165) is 44.5 Å². The predicted molar refractivity (Wildman–Crippen MR) is 99.5 cm³/mol. The van der Waals surface area contributed by atoms with Crippen LogP contribution in [0.2, 0.25) is 0 Å². The van der Waals surface area contributed by atoms with Crippen molar-refractivity contribution in [3.05, 3.63) is 0 Å². The Labute approximate surface area is 147 Å². The number of nitrogens with zero attached hydrogens (tertiary/aromatic N) is 2. The van der Waals surface area contributed by atoms with Crippen LogP contribution in [-0.4, -0.2) is 62.8 Å². The van der Waals surface area contributed by atoms with Crippen molar-refractivity contribution in [3.63, 3.8) is 0 Å². The van der Waals surface area contributed by atoms with Gasteiger partial charge in [0.2, 0.25) is 0 Å². The topological polar surface area (TPSA) is 48.9 Å². The van der Waals surface area contributed by atoms with Gasteiger partial charge in [0.05, 0.1) is 0 Å². The minimum Gasteiger partial charge on any atom is -0.381 e. The molecule has 2 saturated heterocycles. The van der Waals surface area contributed by atoms with E-state index < -0.39 is 0 Å². The quantitative estimate of drug-likeness (QED) is 0.598. The van der Waals surface area contributed by atoms with Gasteiger partial charge in [0.15, 0.2) is 5.96 Å². The summed E-state index contributed by atoms with van der Waals surface area (Å²) >= 11 is 0. The van der Waals surface area contributed by atoms with E-state index in [0.29, 0.717) is 12.1 Å². The maximum absolute atomic E-state index is 5.44. The third-order valence-electron chi connectivity index (χ3n) is 6.01. The number of hydrogen-bond donors (Lipinski definition) is 2. The van der Waals surface area contributed by atoms with E-state index in [-0.39, 0.29) is 0 Å². The van der Waals surface area contributed by atoms with Crippen LogP contribution in [0.25, 0.3) is 0 Å². The van der Waals surface area contributed by atoms with Crippen LogP contribution in [0.4, 0.5) is 0 Å². The average Bonchev–Trinajstić information content (AvgIpc) is 3.07. The first kappa shape index (κ1) is 18.0. The molecule has 1 aliphatic carbocycles. The zero-order chi connectivity index (χ0) is 16.6. The van der Waals surface area contributed by atoms with Crippen LogP contribution in [0, 0.1) is 5.92 Å². The summed E-state index contributed by atoms with van der Waals surface area (Å²) in [4.78, 5) is 7.16. The van der Waals surface area contributed by atoms with E-state index in [1.165, 1.54) is 58.0 Å². The lowest BCUT2D eigenvalue weighted by Gasteiger charge is -2.31. The molecule has 5 heteroatoms. The Hall–Kier alpha value is -0.810. The molecule has 1 unspecified atom stereocenters. The summed E-state index contributed by atoms with van der Waals surface area (Å²) in [5.74, 6) is 1.91.